The summed E-state index contributed by atoms with van der Waals surface area (Å²) in [6.07, 6.45) is 0.714. The van der Waals surface area contributed by atoms with Crippen molar-refractivity contribution in [1.82, 2.24) is 10.2 Å². The highest BCUT2D eigenvalue weighted by Crippen LogP contribution is 2.21. The Balaban J connectivity index is 1.51. The molecule has 0 spiro atoms. The summed E-state index contributed by atoms with van der Waals surface area (Å²) >= 11 is 5.87. The van der Waals surface area contributed by atoms with Gasteiger partial charge in [0, 0.05) is 29.1 Å². The zero-order valence-electron chi connectivity index (χ0n) is 15.1. The summed E-state index contributed by atoms with van der Waals surface area (Å²) in [6.45, 7) is 3.93. The molecule has 0 saturated heterocycles. The third-order valence-corrected chi connectivity index (χ3v) is 3.89. The van der Waals surface area contributed by atoms with E-state index >= 15 is 0 Å². The van der Waals surface area contributed by atoms with Crippen LogP contribution in [0.15, 0.2) is 52.9 Å². The summed E-state index contributed by atoms with van der Waals surface area (Å²) in [5.41, 5.74) is 1.50. The first-order chi connectivity index (χ1) is 13.0. The number of benzene rings is 2. The van der Waals surface area contributed by atoms with Gasteiger partial charge < -0.3 is 14.5 Å². The maximum Gasteiger partial charge on any atom is 0.247 e. The first kappa shape index (κ1) is 18.9. The number of ether oxygens (including phenoxy) is 1. The molecule has 1 N–H and O–H groups in total. The highest BCUT2D eigenvalue weighted by molar-refractivity contribution is 6.30. The number of amides is 1. The molecule has 7 heteroatoms. The Morgan fingerprint density at radius 2 is 1.81 bits per heavy atom. The smallest absolute Gasteiger partial charge is 0.247 e. The van der Waals surface area contributed by atoms with Gasteiger partial charge in [0.1, 0.15) is 5.75 Å². The van der Waals surface area contributed by atoms with Crippen molar-refractivity contribution in [2.75, 3.05) is 5.32 Å². The van der Waals surface area contributed by atoms with Gasteiger partial charge in [-0.2, -0.15) is 0 Å². The van der Waals surface area contributed by atoms with Crippen LogP contribution in [0.4, 0.5) is 5.69 Å². The molecule has 0 saturated carbocycles. The lowest BCUT2D eigenvalue weighted by Gasteiger charge is -2.10. The Bertz CT molecular complexity index is 890. The van der Waals surface area contributed by atoms with Crippen molar-refractivity contribution in [2.45, 2.75) is 32.8 Å². The summed E-state index contributed by atoms with van der Waals surface area (Å²) in [6, 6.07) is 14.4. The molecular formula is C20H20ClN3O3. The molecule has 140 valence electrons. The van der Waals surface area contributed by atoms with E-state index in [2.05, 4.69) is 15.5 Å². The van der Waals surface area contributed by atoms with Crippen LogP contribution in [-0.2, 0) is 11.2 Å². The molecule has 2 aromatic carbocycles. The number of aryl methyl sites for hydroxylation is 1. The standard InChI is InChI=1S/C20H20ClN3O3/c1-13(2)26-17-9-7-16(8-10-17)22-18(25)11-12-19-23-24-20(27-19)14-3-5-15(21)6-4-14/h3-10,13H,11-12H2,1-2H3,(H,22,25). The largest absolute Gasteiger partial charge is 0.491 e. The molecule has 3 aromatic rings. The molecule has 1 aromatic heterocycles. The van der Waals surface area contributed by atoms with Crippen LogP contribution in [0, 0.1) is 0 Å². The second-order valence-corrected chi connectivity index (χ2v) is 6.68. The zero-order valence-corrected chi connectivity index (χ0v) is 15.9. The summed E-state index contributed by atoms with van der Waals surface area (Å²) < 4.78 is 11.2. The van der Waals surface area contributed by atoms with Gasteiger partial charge in [0.25, 0.3) is 0 Å². The Morgan fingerprint density at radius 1 is 1.11 bits per heavy atom. The molecule has 27 heavy (non-hydrogen) atoms. The quantitative estimate of drug-likeness (QED) is 0.635. The van der Waals surface area contributed by atoms with Gasteiger partial charge in [0.2, 0.25) is 17.7 Å². The van der Waals surface area contributed by atoms with Gasteiger partial charge in [0.15, 0.2) is 0 Å². The van der Waals surface area contributed by atoms with Crippen molar-refractivity contribution >= 4 is 23.2 Å². The second kappa shape index (κ2) is 8.68. The molecule has 0 aliphatic carbocycles. The molecule has 0 atom stereocenters. The fourth-order valence-corrected chi connectivity index (χ4v) is 2.52. The van der Waals surface area contributed by atoms with Crippen molar-refractivity contribution < 1.29 is 13.9 Å². The molecule has 0 unspecified atom stereocenters. The van der Waals surface area contributed by atoms with E-state index in [0.717, 1.165) is 11.3 Å². The topological polar surface area (TPSA) is 77.2 Å². The van der Waals surface area contributed by atoms with Crippen LogP contribution in [-0.4, -0.2) is 22.2 Å². The Labute approximate surface area is 162 Å². The van der Waals surface area contributed by atoms with E-state index < -0.39 is 0 Å². The maximum atomic E-state index is 12.1. The normalized spacial score (nSPS) is 10.8. The Morgan fingerprint density at radius 3 is 2.48 bits per heavy atom. The summed E-state index contributed by atoms with van der Waals surface area (Å²) in [5, 5.41) is 11.5. The number of halogens is 1. The summed E-state index contributed by atoms with van der Waals surface area (Å²) in [4.78, 5) is 12.1. The van der Waals surface area contributed by atoms with Gasteiger partial charge in [0.05, 0.1) is 6.10 Å². The average molecular weight is 386 g/mol. The minimum Gasteiger partial charge on any atom is -0.491 e. The SMILES string of the molecule is CC(C)Oc1ccc(NC(=O)CCc2nnc(-c3ccc(Cl)cc3)o2)cc1. The van der Waals surface area contributed by atoms with Crippen molar-refractivity contribution in [2.24, 2.45) is 0 Å². The van der Waals surface area contributed by atoms with E-state index in [9.17, 15) is 4.79 Å². The van der Waals surface area contributed by atoms with Crippen LogP contribution in [0.2, 0.25) is 5.02 Å². The first-order valence-electron chi connectivity index (χ1n) is 8.64. The minimum absolute atomic E-state index is 0.109. The van der Waals surface area contributed by atoms with Crippen LogP contribution in [0.3, 0.4) is 0 Å². The van der Waals surface area contributed by atoms with E-state index in [-0.39, 0.29) is 18.4 Å². The van der Waals surface area contributed by atoms with E-state index in [1.807, 2.05) is 26.0 Å². The first-order valence-corrected chi connectivity index (χ1v) is 9.02. The Kier molecular flexibility index (Phi) is 6.08. The van der Waals surface area contributed by atoms with Crippen LogP contribution < -0.4 is 10.1 Å². The van der Waals surface area contributed by atoms with Gasteiger partial charge in [-0.1, -0.05) is 11.6 Å². The number of carbonyl (C=O) groups excluding carboxylic acids is 1. The number of rotatable bonds is 7. The van der Waals surface area contributed by atoms with Crippen molar-refractivity contribution in [1.29, 1.82) is 0 Å². The molecule has 6 nitrogen and oxygen atoms in total. The number of hydrogen-bond donors (Lipinski definition) is 1. The van der Waals surface area contributed by atoms with Crippen molar-refractivity contribution in [3.05, 3.63) is 59.4 Å². The number of carbonyl (C=O) groups is 1. The van der Waals surface area contributed by atoms with Crippen LogP contribution in [0.1, 0.15) is 26.2 Å². The van der Waals surface area contributed by atoms with Gasteiger partial charge in [-0.25, -0.2) is 0 Å². The van der Waals surface area contributed by atoms with E-state index in [1.165, 1.54) is 0 Å². The molecule has 0 aliphatic heterocycles. The van der Waals surface area contributed by atoms with Crippen molar-refractivity contribution in [3.8, 4) is 17.2 Å². The van der Waals surface area contributed by atoms with E-state index in [0.29, 0.717) is 28.9 Å². The lowest BCUT2D eigenvalue weighted by atomic mass is 10.2. The molecule has 1 heterocycles. The number of nitrogens with one attached hydrogen (secondary N) is 1. The number of nitrogens with zero attached hydrogens (tertiary/aromatic N) is 2. The third kappa shape index (κ3) is 5.56. The molecule has 0 radical (unpaired) electrons. The Hall–Kier alpha value is -2.86. The molecule has 3 rings (SSSR count). The molecule has 0 aliphatic rings. The van der Waals surface area contributed by atoms with Gasteiger partial charge in [-0.05, 0) is 62.4 Å². The molecule has 1 amide bonds. The fraction of sp³-hybridized carbons (Fsp3) is 0.250. The predicted octanol–water partition coefficient (Wildman–Crippen LogP) is 4.75. The number of hydrogen-bond acceptors (Lipinski definition) is 5. The minimum atomic E-state index is -0.126. The van der Waals surface area contributed by atoms with E-state index in [4.69, 9.17) is 20.8 Å². The summed E-state index contributed by atoms with van der Waals surface area (Å²) in [5.74, 6) is 1.46. The molecule has 0 bridgehead atoms. The zero-order chi connectivity index (χ0) is 19.2. The number of aromatic nitrogens is 2. The van der Waals surface area contributed by atoms with Crippen LogP contribution >= 0.6 is 11.6 Å². The van der Waals surface area contributed by atoms with E-state index in [1.54, 1.807) is 36.4 Å². The van der Waals surface area contributed by atoms with Gasteiger partial charge in [-0.3, -0.25) is 4.79 Å². The van der Waals surface area contributed by atoms with Gasteiger partial charge >= 0.3 is 0 Å². The molecule has 0 fully saturated rings. The fourth-order valence-electron chi connectivity index (χ4n) is 2.40. The predicted molar refractivity (Wildman–Crippen MR) is 104 cm³/mol. The van der Waals surface area contributed by atoms with Crippen LogP contribution in [0.25, 0.3) is 11.5 Å². The third-order valence-electron chi connectivity index (χ3n) is 3.63. The lowest BCUT2D eigenvalue weighted by Crippen LogP contribution is -2.12. The lowest BCUT2D eigenvalue weighted by molar-refractivity contribution is -0.116. The highest BCUT2D eigenvalue weighted by Gasteiger charge is 2.11. The van der Waals surface area contributed by atoms with Crippen LogP contribution in [0.5, 0.6) is 5.75 Å². The monoisotopic (exact) mass is 385 g/mol. The van der Waals surface area contributed by atoms with Gasteiger partial charge in [-0.15, -0.1) is 10.2 Å². The molecular weight excluding hydrogens is 366 g/mol. The average Bonchev–Trinajstić information content (AvgIpc) is 3.11. The maximum absolute atomic E-state index is 12.1. The van der Waals surface area contributed by atoms with Crippen molar-refractivity contribution in [3.63, 3.8) is 0 Å². The second-order valence-electron chi connectivity index (χ2n) is 6.25. The summed E-state index contributed by atoms with van der Waals surface area (Å²) in [7, 11) is 0. The highest BCUT2D eigenvalue weighted by atomic mass is 35.5. The number of anilines is 1.